The molecule has 0 saturated heterocycles. The molecule has 23 heavy (non-hydrogen) atoms. The van der Waals surface area contributed by atoms with Crippen LogP contribution in [0, 0.1) is 0 Å². The number of benzene rings is 2. The Morgan fingerprint density at radius 2 is 1.78 bits per heavy atom. The predicted octanol–water partition coefficient (Wildman–Crippen LogP) is 3.60. The van der Waals surface area contributed by atoms with Crippen molar-refractivity contribution in [1.29, 1.82) is 0 Å². The second kappa shape index (κ2) is 6.91. The fourth-order valence-electron chi connectivity index (χ4n) is 2.21. The van der Waals surface area contributed by atoms with Crippen LogP contribution in [-0.4, -0.2) is 22.1 Å². The molecular formula is C17H20ClNO3S. The fourth-order valence-corrected chi connectivity index (χ4v) is 3.85. The van der Waals surface area contributed by atoms with E-state index in [2.05, 4.69) is 4.72 Å². The van der Waals surface area contributed by atoms with Crippen molar-refractivity contribution in [2.75, 3.05) is 13.7 Å². The number of rotatable bonds is 6. The van der Waals surface area contributed by atoms with Gasteiger partial charge in [0.15, 0.2) is 0 Å². The van der Waals surface area contributed by atoms with Gasteiger partial charge in [0.05, 0.1) is 7.11 Å². The van der Waals surface area contributed by atoms with Gasteiger partial charge in [-0.1, -0.05) is 55.8 Å². The summed E-state index contributed by atoms with van der Waals surface area (Å²) in [4.78, 5) is 0.0383. The van der Waals surface area contributed by atoms with Crippen molar-refractivity contribution >= 4 is 21.6 Å². The van der Waals surface area contributed by atoms with Crippen molar-refractivity contribution in [1.82, 2.24) is 4.72 Å². The highest BCUT2D eigenvalue weighted by Gasteiger charge is 2.26. The second-order valence-corrected chi connectivity index (χ2v) is 8.04. The lowest BCUT2D eigenvalue weighted by molar-refractivity contribution is 0.402. The summed E-state index contributed by atoms with van der Waals surface area (Å²) in [5, 5.41) is 0.341. The van der Waals surface area contributed by atoms with E-state index in [1.807, 2.05) is 44.2 Å². The van der Waals surface area contributed by atoms with Crippen molar-refractivity contribution in [2.24, 2.45) is 0 Å². The van der Waals surface area contributed by atoms with Crippen LogP contribution in [0.5, 0.6) is 5.75 Å². The molecule has 0 aliphatic carbocycles. The van der Waals surface area contributed by atoms with Gasteiger partial charge < -0.3 is 4.74 Å². The summed E-state index contributed by atoms with van der Waals surface area (Å²) in [6.45, 7) is 4.23. The third kappa shape index (κ3) is 4.25. The van der Waals surface area contributed by atoms with E-state index < -0.39 is 10.0 Å². The van der Waals surface area contributed by atoms with Crippen molar-refractivity contribution in [3.8, 4) is 5.75 Å². The highest BCUT2D eigenvalue weighted by molar-refractivity contribution is 7.89. The first-order valence-electron chi connectivity index (χ1n) is 7.15. The first kappa shape index (κ1) is 17.8. The number of sulfonamides is 1. The van der Waals surface area contributed by atoms with Crippen LogP contribution in [0.4, 0.5) is 0 Å². The van der Waals surface area contributed by atoms with E-state index in [1.54, 1.807) is 12.1 Å². The van der Waals surface area contributed by atoms with Crippen molar-refractivity contribution in [3.05, 3.63) is 59.1 Å². The van der Waals surface area contributed by atoms with Crippen LogP contribution in [0.15, 0.2) is 53.4 Å². The molecule has 4 nitrogen and oxygen atoms in total. The standard InChI is InChI=1S/C17H20ClNO3S/c1-17(2,13-7-5-4-6-8-13)12-19-23(20,21)16-11-14(18)9-10-15(16)22-3/h4-11,19H,12H2,1-3H3. The van der Waals surface area contributed by atoms with Crippen LogP contribution in [0.2, 0.25) is 5.02 Å². The van der Waals surface area contributed by atoms with E-state index in [1.165, 1.54) is 13.2 Å². The van der Waals surface area contributed by atoms with E-state index in [0.717, 1.165) is 5.56 Å². The summed E-state index contributed by atoms with van der Waals surface area (Å²) >= 11 is 5.92. The molecule has 0 unspecified atom stereocenters. The van der Waals surface area contributed by atoms with Crippen molar-refractivity contribution in [3.63, 3.8) is 0 Å². The first-order chi connectivity index (χ1) is 10.8. The van der Waals surface area contributed by atoms with Gasteiger partial charge in [-0.2, -0.15) is 0 Å². The van der Waals surface area contributed by atoms with Crippen LogP contribution in [-0.2, 0) is 15.4 Å². The van der Waals surface area contributed by atoms with E-state index in [0.29, 0.717) is 5.02 Å². The molecule has 0 radical (unpaired) electrons. The van der Waals surface area contributed by atoms with Crippen molar-refractivity contribution in [2.45, 2.75) is 24.2 Å². The number of halogens is 1. The molecule has 0 aromatic heterocycles. The molecule has 2 aromatic carbocycles. The van der Waals surface area contributed by atoms with Crippen LogP contribution < -0.4 is 9.46 Å². The maximum atomic E-state index is 12.6. The lowest BCUT2D eigenvalue weighted by Crippen LogP contribution is -2.36. The molecule has 124 valence electrons. The number of nitrogens with one attached hydrogen (secondary N) is 1. The molecular weight excluding hydrogens is 334 g/mol. The summed E-state index contributed by atoms with van der Waals surface area (Å²) < 4.78 is 33.0. The van der Waals surface area contributed by atoms with Gasteiger partial charge >= 0.3 is 0 Å². The molecule has 0 heterocycles. The van der Waals surface area contributed by atoms with Gasteiger partial charge in [0.2, 0.25) is 10.0 Å². The normalized spacial score (nSPS) is 12.2. The molecule has 0 spiro atoms. The van der Waals surface area contributed by atoms with E-state index in [-0.39, 0.29) is 22.6 Å². The predicted molar refractivity (Wildman–Crippen MR) is 92.7 cm³/mol. The molecule has 0 fully saturated rings. The Morgan fingerprint density at radius 3 is 2.39 bits per heavy atom. The minimum atomic E-state index is -3.73. The van der Waals surface area contributed by atoms with Gasteiger partial charge in [0.25, 0.3) is 0 Å². The van der Waals surface area contributed by atoms with Crippen LogP contribution in [0.1, 0.15) is 19.4 Å². The third-order valence-electron chi connectivity index (χ3n) is 3.67. The molecule has 0 atom stereocenters. The molecule has 2 aromatic rings. The van der Waals surface area contributed by atoms with Crippen molar-refractivity contribution < 1.29 is 13.2 Å². The molecule has 0 bridgehead atoms. The van der Waals surface area contributed by atoms with E-state index in [4.69, 9.17) is 16.3 Å². The third-order valence-corrected chi connectivity index (χ3v) is 5.33. The van der Waals surface area contributed by atoms with Crippen LogP contribution in [0.25, 0.3) is 0 Å². The van der Waals surface area contributed by atoms with Gasteiger partial charge in [-0.25, -0.2) is 13.1 Å². The number of ether oxygens (including phenoxy) is 1. The number of hydrogen-bond donors (Lipinski definition) is 1. The summed E-state index contributed by atoms with van der Waals surface area (Å²) in [7, 11) is -2.30. The second-order valence-electron chi connectivity index (χ2n) is 5.87. The zero-order valence-corrected chi connectivity index (χ0v) is 14.9. The number of methoxy groups -OCH3 is 1. The monoisotopic (exact) mass is 353 g/mol. The lowest BCUT2D eigenvalue weighted by Gasteiger charge is -2.25. The first-order valence-corrected chi connectivity index (χ1v) is 9.01. The Morgan fingerprint density at radius 1 is 1.13 bits per heavy atom. The van der Waals surface area contributed by atoms with Gasteiger partial charge in [-0.15, -0.1) is 0 Å². The number of hydrogen-bond acceptors (Lipinski definition) is 3. The van der Waals surface area contributed by atoms with E-state index >= 15 is 0 Å². The van der Waals surface area contributed by atoms with Gasteiger partial charge in [0, 0.05) is 17.0 Å². The molecule has 2 rings (SSSR count). The minimum absolute atomic E-state index is 0.0383. The zero-order chi connectivity index (χ0) is 17.1. The van der Waals surface area contributed by atoms with E-state index in [9.17, 15) is 8.42 Å². The Hall–Kier alpha value is -1.56. The summed E-state index contributed by atoms with van der Waals surface area (Å²) in [5.41, 5.74) is 0.709. The Balaban J connectivity index is 2.24. The maximum Gasteiger partial charge on any atom is 0.244 e. The average molecular weight is 354 g/mol. The molecule has 0 saturated carbocycles. The van der Waals surface area contributed by atoms with Gasteiger partial charge in [-0.3, -0.25) is 0 Å². The Kier molecular flexibility index (Phi) is 5.34. The smallest absolute Gasteiger partial charge is 0.244 e. The lowest BCUT2D eigenvalue weighted by atomic mass is 9.85. The molecule has 1 N–H and O–H groups in total. The SMILES string of the molecule is COc1ccc(Cl)cc1S(=O)(=O)NCC(C)(C)c1ccccc1. The molecule has 0 amide bonds. The molecule has 0 aliphatic rings. The highest BCUT2D eigenvalue weighted by atomic mass is 35.5. The molecule has 0 aliphatic heterocycles. The maximum absolute atomic E-state index is 12.6. The zero-order valence-electron chi connectivity index (χ0n) is 13.3. The van der Waals surface area contributed by atoms with Crippen LogP contribution in [0.3, 0.4) is 0 Å². The highest BCUT2D eigenvalue weighted by Crippen LogP contribution is 2.28. The Bertz CT molecular complexity index is 774. The van der Waals surface area contributed by atoms with Gasteiger partial charge in [0.1, 0.15) is 10.6 Å². The average Bonchev–Trinajstić information content (AvgIpc) is 2.54. The summed E-state index contributed by atoms with van der Waals surface area (Å²) in [5.74, 6) is 0.263. The minimum Gasteiger partial charge on any atom is -0.495 e. The quantitative estimate of drug-likeness (QED) is 0.863. The fraction of sp³-hybridized carbons (Fsp3) is 0.294. The largest absolute Gasteiger partial charge is 0.495 e. The molecule has 6 heteroatoms. The van der Waals surface area contributed by atoms with Crippen LogP contribution >= 0.6 is 11.6 Å². The summed E-state index contributed by atoms with van der Waals surface area (Å²) in [6.07, 6.45) is 0. The summed E-state index contributed by atoms with van der Waals surface area (Å²) in [6, 6.07) is 14.3. The Labute approximate surface area is 142 Å². The topological polar surface area (TPSA) is 55.4 Å². The van der Waals surface area contributed by atoms with Gasteiger partial charge in [-0.05, 0) is 23.8 Å².